The van der Waals surface area contributed by atoms with Gasteiger partial charge in [0.1, 0.15) is 11.7 Å². The first kappa shape index (κ1) is 21.6. The molecule has 1 aromatic carbocycles. The van der Waals surface area contributed by atoms with Gasteiger partial charge in [-0.2, -0.15) is 0 Å². The van der Waals surface area contributed by atoms with Gasteiger partial charge >= 0.3 is 5.97 Å². The largest absolute Gasteiger partial charge is 0.733 e. The van der Waals surface area contributed by atoms with Gasteiger partial charge in [0, 0.05) is 49.7 Å². The molecule has 5 fully saturated rings. The molecule has 6 rings (SSSR count). The third kappa shape index (κ3) is 3.21. The summed E-state index contributed by atoms with van der Waals surface area (Å²) < 4.78 is 12.5. The van der Waals surface area contributed by atoms with Crippen LogP contribution in [0.15, 0.2) is 24.3 Å². The third-order valence-corrected chi connectivity index (χ3v) is 9.46. The molecule has 5 aliphatic rings. The standard InChI is InChI=1S/C25H34N3O5/c1-16-4-3-9-24(2)14-20-21(22-25(16,24)33-22)19(23(29)32-20)15-26-10-12-27(13-11-26)17-5-7-18(8-6-17)28(30)31/h5-8,16,19-22,30H,3-4,9-15H2,1-2H3/q-1/t16-,19-,20-,21+,22+,24+,25-/m1/s1. The SMILES string of the molecule is C[C@@H]1CCC[C@@]2(C)C[C@H]3OC(=O)[C@H](CN4CCN(c5ccc(N([O-])O)cc5)CC4)[C@@H]3[C@@H]3O[C@]132. The molecule has 0 amide bonds. The molecule has 7 atom stereocenters. The van der Waals surface area contributed by atoms with Crippen LogP contribution >= 0.6 is 0 Å². The fraction of sp³-hybridized carbons (Fsp3) is 0.720. The highest BCUT2D eigenvalue weighted by molar-refractivity contribution is 5.76. The number of esters is 1. The molecule has 2 aliphatic carbocycles. The second kappa shape index (κ2) is 7.57. The Balaban J connectivity index is 1.11. The highest BCUT2D eigenvalue weighted by Gasteiger charge is 2.78. The second-order valence-electron chi connectivity index (χ2n) is 11.1. The topological polar surface area (TPSA) is 91.8 Å². The van der Waals surface area contributed by atoms with Gasteiger partial charge in [-0.1, -0.05) is 20.3 Å². The van der Waals surface area contributed by atoms with Crippen molar-refractivity contribution in [1.82, 2.24) is 4.90 Å². The van der Waals surface area contributed by atoms with Crippen LogP contribution in [-0.2, 0) is 14.3 Å². The normalized spacial score (nSPS) is 42.2. The molecule has 1 N–H and O–H groups in total. The van der Waals surface area contributed by atoms with Crippen LogP contribution in [0.4, 0.5) is 11.4 Å². The lowest BCUT2D eigenvalue weighted by molar-refractivity contribution is -0.146. The van der Waals surface area contributed by atoms with Crippen LogP contribution in [0.5, 0.6) is 0 Å². The number of fused-ring (bicyclic) bond motifs is 2. The van der Waals surface area contributed by atoms with Crippen molar-refractivity contribution in [3.63, 3.8) is 0 Å². The summed E-state index contributed by atoms with van der Waals surface area (Å²) in [5.41, 5.74) is 1.35. The molecule has 2 saturated carbocycles. The van der Waals surface area contributed by atoms with Crippen molar-refractivity contribution in [1.29, 1.82) is 0 Å². The summed E-state index contributed by atoms with van der Waals surface area (Å²) in [4.78, 5) is 17.6. The van der Waals surface area contributed by atoms with Crippen LogP contribution in [0.1, 0.15) is 39.5 Å². The molecular weight excluding hydrogens is 422 g/mol. The van der Waals surface area contributed by atoms with E-state index in [0.717, 1.165) is 44.8 Å². The smallest absolute Gasteiger partial charge is 0.311 e. The average Bonchev–Trinajstić information content (AvgIpc) is 3.49. The first-order valence-electron chi connectivity index (χ1n) is 12.4. The number of carbonyl (C=O) groups is 1. The van der Waals surface area contributed by atoms with Crippen LogP contribution < -0.4 is 10.1 Å². The number of anilines is 2. The van der Waals surface area contributed by atoms with Crippen molar-refractivity contribution in [2.75, 3.05) is 42.9 Å². The van der Waals surface area contributed by atoms with Gasteiger partial charge in [0.05, 0.1) is 17.7 Å². The molecule has 3 saturated heterocycles. The summed E-state index contributed by atoms with van der Waals surface area (Å²) in [6, 6.07) is 6.97. The lowest BCUT2D eigenvalue weighted by Gasteiger charge is -2.49. The average molecular weight is 457 g/mol. The second-order valence-corrected chi connectivity index (χ2v) is 11.1. The number of nitrogens with zero attached hydrogens (tertiary/aromatic N) is 3. The zero-order chi connectivity index (χ0) is 23.0. The molecule has 33 heavy (non-hydrogen) atoms. The number of hydrogen-bond acceptors (Lipinski definition) is 8. The Bertz CT molecular complexity index is 917. The minimum absolute atomic E-state index is 0.00494. The summed E-state index contributed by atoms with van der Waals surface area (Å²) in [6.45, 7) is 8.90. The first-order chi connectivity index (χ1) is 15.8. The number of epoxide rings is 1. The third-order valence-electron chi connectivity index (χ3n) is 9.46. The fourth-order valence-electron chi connectivity index (χ4n) is 7.70. The Labute approximate surface area is 195 Å². The molecule has 0 aromatic heterocycles. The maximum atomic E-state index is 13.0. The maximum Gasteiger partial charge on any atom is 0.311 e. The predicted octanol–water partition coefficient (Wildman–Crippen LogP) is 3.03. The summed E-state index contributed by atoms with van der Waals surface area (Å²) in [7, 11) is 0. The number of rotatable bonds is 4. The molecule has 3 aliphatic heterocycles. The van der Waals surface area contributed by atoms with E-state index in [1.807, 2.05) is 12.1 Å². The van der Waals surface area contributed by atoms with Gasteiger partial charge in [-0.25, -0.2) is 0 Å². The van der Waals surface area contributed by atoms with Crippen LogP contribution in [-0.4, -0.2) is 66.6 Å². The monoisotopic (exact) mass is 456 g/mol. The van der Waals surface area contributed by atoms with Crippen LogP contribution in [0.2, 0.25) is 0 Å². The molecule has 1 aromatic rings. The van der Waals surface area contributed by atoms with E-state index in [-0.39, 0.29) is 51.9 Å². The summed E-state index contributed by atoms with van der Waals surface area (Å²) in [5.74, 6) is 0.601. The Morgan fingerprint density at radius 2 is 1.94 bits per heavy atom. The van der Waals surface area contributed by atoms with Crippen molar-refractivity contribution in [3.8, 4) is 0 Å². The lowest BCUT2D eigenvalue weighted by Crippen LogP contribution is -2.55. The van der Waals surface area contributed by atoms with Crippen molar-refractivity contribution in [2.45, 2.75) is 57.3 Å². The summed E-state index contributed by atoms with van der Waals surface area (Å²) in [6.07, 6.45) is 4.75. The Hall–Kier alpha value is -1.87. The summed E-state index contributed by atoms with van der Waals surface area (Å²) in [5, 5.41) is 19.9. The maximum absolute atomic E-state index is 13.0. The van der Waals surface area contributed by atoms with E-state index in [9.17, 15) is 10.0 Å². The molecule has 0 radical (unpaired) electrons. The highest BCUT2D eigenvalue weighted by Crippen LogP contribution is 2.70. The number of benzene rings is 1. The molecule has 1 spiro atoms. The Morgan fingerprint density at radius 1 is 1.21 bits per heavy atom. The quantitative estimate of drug-likeness (QED) is 0.420. The van der Waals surface area contributed by atoms with Gasteiger partial charge < -0.3 is 24.8 Å². The van der Waals surface area contributed by atoms with E-state index in [0.29, 0.717) is 5.92 Å². The number of carbonyl (C=O) groups excluding carboxylic acids is 1. The van der Waals surface area contributed by atoms with Crippen molar-refractivity contribution >= 4 is 17.3 Å². The van der Waals surface area contributed by atoms with Crippen molar-refractivity contribution in [2.24, 2.45) is 23.2 Å². The van der Waals surface area contributed by atoms with Gasteiger partial charge in [0.15, 0.2) is 0 Å². The Morgan fingerprint density at radius 3 is 2.64 bits per heavy atom. The van der Waals surface area contributed by atoms with E-state index in [1.54, 1.807) is 12.1 Å². The van der Waals surface area contributed by atoms with Gasteiger partial charge in [0.2, 0.25) is 0 Å². The van der Waals surface area contributed by atoms with Crippen LogP contribution in [0, 0.1) is 28.4 Å². The molecular formula is C25H34N3O5-. The molecule has 3 heterocycles. The summed E-state index contributed by atoms with van der Waals surface area (Å²) >= 11 is 0. The molecule has 180 valence electrons. The van der Waals surface area contributed by atoms with Gasteiger partial charge in [0.25, 0.3) is 0 Å². The van der Waals surface area contributed by atoms with Crippen LogP contribution in [0.3, 0.4) is 0 Å². The van der Waals surface area contributed by atoms with Crippen molar-refractivity contribution in [3.05, 3.63) is 29.5 Å². The minimum atomic E-state index is -0.120. The van der Waals surface area contributed by atoms with Gasteiger partial charge in [-0.3, -0.25) is 14.9 Å². The van der Waals surface area contributed by atoms with E-state index in [4.69, 9.17) is 14.7 Å². The molecule has 8 nitrogen and oxygen atoms in total. The van der Waals surface area contributed by atoms with Gasteiger partial charge in [-0.05, 0) is 49.4 Å². The first-order valence-corrected chi connectivity index (χ1v) is 12.4. The molecule has 0 bridgehead atoms. The predicted molar refractivity (Wildman–Crippen MR) is 123 cm³/mol. The fourth-order valence-corrected chi connectivity index (χ4v) is 7.70. The number of hydrogen-bond donors (Lipinski definition) is 1. The van der Waals surface area contributed by atoms with E-state index in [2.05, 4.69) is 23.6 Å². The lowest BCUT2D eigenvalue weighted by atomic mass is 9.53. The van der Waals surface area contributed by atoms with Crippen LogP contribution in [0.25, 0.3) is 0 Å². The van der Waals surface area contributed by atoms with Gasteiger partial charge in [-0.15, -0.1) is 0 Å². The highest BCUT2D eigenvalue weighted by atomic mass is 16.8. The van der Waals surface area contributed by atoms with E-state index in [1.165, 1.54) is 19.3 Å². The van der Waals surface area contributed by atoms with E-state index < -0.39 is 0 Å². The molecule has 0 unspecified atom stereocenters. The molecule has 8 heteroatoms. The number of ether oxygens (including phenoxy) is 2. The number of piperazine rings is 1. The zero-order valence-electron chi connectivity index (χ0n) is 19.5. The zero-order valence-corrected chi connectivity index (χ0v) is 19.5. The minimum Gasteiger partial charge on any atom is -0.733 e. The Kier molecular flexibility index (Phi) is 4.96. The van der Waals surface area contributed by atoms with Crippen molar-refractivity contribution < 1.29 is 19.5 Å². The van der Waals surface area contributed by atoms with E-state index >= 15 is 0 Å².